The maximum atomic E-state index is 12.9. The van der Waals surface area contributed by atoms with E-state index in [0.29, 0.717) is 18.6 Å². The van der Waals surface area contributed by atoms with Crippen LogP contribution in [0.25, 0.3) is 0 Å². The van der Waals surface area contributed by atoms with Crippen LogP contribution in [0.15, 0.2) is 23.1 Å². The van der Waals surface area contributed by atoms with Crippen LogP contribution in [0.4, 0.5) is 0 Å². The van der Waals surface area contributed by atoms with Gasteiger partial charge in [0.1, 0.15) is 5.75 Å². The summed E-state index contributed by atoms with van der Waals surface area (Å²) in [5.41, 5.74) is 0.741. The van der Waals surface area contributed by atoms with Gasteiger partial charge in [0.05, 0.1) is 17.9 Å². The van der Waals surface area contributed by atoms with E-state index in [9.17, 15) is 18.3 Å². The fourth-order valence-electron chi connectivity index (χ4n) is 3.71. The van der Waals surface area contributed by atoms with Gasteiger partial charge in [-0.2, -0.15) is 4.31 Å². The molecule has 3 unspecified atom stereocenters. The smallest absolute Gasteiger partial charge is 0.308 e. The van der Waals surface area contributed by atoms with Crippen LogP contribution in [0.2, 0.25) is 0 Å². The van der Waals surface area contributed by atoms with Gasteiger partial charge >= 0.3 is 5.97 Å². The highest BCUT2D eigenvalue weighted by molar-refractivity contribution is 7.89. The van der Waals surface area contributed by atoms with Crippen LogP contribution >= 0.6 is 0 Å². The summed E-state index contributed by atoms with van der Waals surface area (Å²) in [6.45, 7) is 1.79. The van der Waals surface area contributed by atoms with Crippen LogP contribution in [0.3, 0.4) is 0 Å². The summed E-state index contributed by atoms with van der Waals surface area (Å²) in [6, 6.07) is 4.12. The van der Waals surface area contributed by atoms with Crippen LogP contribution in [-0.2, 0) is 14.8 Å². The molecule has 120 valence electrons. The van der Waals surface area contributed by atoms with Gasteiger partial charge in [0, 0.05) is 12.1 Å². The second-order valence-corrected chi connectivity index (χ2v) is 7.79. The summed E-state index contributed by atoms with van der Waals surface area (Å²) < 4.78 is 32.4. The van der Waals surface area contributed by atoms with Crippen molar-refractivity contribution in [2.24, 2.45) is 5.92 Å². The molecule has 2 aliphatic rings. The normalized spacial score (nSPS) is 28.0. The van der Waals surface area contributed by atoms with Crippen molar-refractivity contribution < 1.29 is 23.1 Å². The van der Waals surface area contributed by atoms with Crippen molar-refractivity contribution in [1.29, 1.82) is 0 Å². The van der Waals surface area contributed by atoms with E-state index in [0.717, 1.165) is 12.0 Å². The van der Waals surface area contributed by atoms with E-state index in [1.54, 1.807) is 19.1 Å². The highest BCUT2D eigenvalue weighted by Crippen LogP contribution is 2.45. The fourth-order valence-corrected chi connectivity index (χ4v) is 5.71. The van der Waals surface area contributed by atoms with Gasteiger partial charge in [0.2, 0.25) is 10.0 Å². The molecule has 7 heteroatoms. The molecule has 2 aliphatic heterocycles. The zero-order chi connectivity index (χ0) is 16.1. The number of carboxylic acid groups (broad SMARTS) is 1. The Morgan fingerprint density at radius 1 is 1.36 bits per heavy atom. The van der Waals surface area contributed by atoms with Gasteiger partial charge in [-0.05, 0) is 49.9 Å². The van der Waals surface area contributed by atoms with E-state index in [1.165, 1.54) is 17.5 Å². The van der Waals surface area contributed by atoms with Crippen molar-refractivity contribution in [2.45, 2.75) is 43.2 Å². The van der Waals surface area contributed by atoms with Crippen molar-refractivity contribution in [3.05, 3.63) is 23.8 Å². The number of aryl methyl sites for hydroxylation is 1. The van der Waals surface area contributed by atoms with E-state index in [2.05, 4.69) is 0 Å². The molecule has 2 fully saturated rings. The van der Waals surface area contributed by atoms with Crippen molar-refractivity contribution >= 4 is 16.0 Å². The van der Waals surface area contributed by atoms with Gasteiger partial charge < -0.3 is 9.84 Å². The molecule has 3 rings (SSSR count). The number of nitrogens with zero attached hydrogens (tertiary/aromatic N) is 1. The van der Waals surface area contributed by atoms with Crippen molar-refractivity contribution in [3.8, 4) is 5.75 Å². The van der Waals surface area contributed by atoms with Crippen molar-refractivity contribution in [1.82, 2.24) is 4.31 Å². The highest BCUT2D eigenvalue weighted by Gasteiger charge is 2.54. The standard InChI is InChI=1S/C15H19NO5S/c1-9-7-11(4-6-14(9)21-2)22(19,20)16-10-3-5-13(16)12(8-10)15(17)18/h4,6-7,10,12-13H,3,5,8H2,1-2H3,(H,17,18). The molecule has 2 bridgehead atoms. The van der Waals surface area contributed by atoms with Crippen LogP contribution < -0.4 is 4.74 Å². The molecule has 2 heterocycles. The first-order valence-electron chi connectivity index (χ1n) is 7.27. The molecule has 0 amide bonds. The van der Waals surface area contributed by atoms with E-state index in [1.807, 2.05) is 0 Å². The Morgan fingerprint density at radius 3 is 2.64 bits per heavy atom. The lowest BCUT2D eigenvalue weighted by Crippen LogP contribution is -2.37. The molecular formula is C15H19NO5S. The average molecular weight is 325 g/mol. The third kappa shape index (κ3) is 2.19. The van der Waals surface area contributed by atoms with E-state index >= 15 is 0 Å². The average Bonchev–Trinajstić information content (AvgIpc) is 3.05. The van der Waals surface area contributed by atoms with E-state index < -0.39 is 28.0 Å². The van der Waals surface area contributed by atoms with Crippen LogP contribution in [-0.4, -0.2) is 43.0 Å². The molecule has 3 atom stereocenters. The number of carboxylic acids is 1. The molecule has 0 spiro atoms. The lowest BCUT2D eigenvalue weighted by molar-refractivity contribution is -0.142. The van der Waals surface area contributed by atoms with Crippen LogP contribution in [0.5, 0.6) is 5.75 Å². The summed E-state index contributed by atoms with van der Waals surface area (Å²) in [4.78, 5) is 11.5. The number of ether oxygens (including phenoxy) is 1. The summed E-state index contributed by atoms with van der Waals surface area (Å²) in [5, 5.41) is 9.26. The molecule has 1 aromatic carbocycles. The lowest BCUT2D eigenvalue weighted by atomic mass is 9.89. The zero-order valence-corrected chi connectivity index (χ0v) is 13.3. The van der Waals surface area contributed by atoms with E-state index in [-0.39, 0.29) is 10.9 Å². The Labute approximate surface area is 129 Å². The molecule has 0 aliphatic carbocycles. The molecule has 0 aromatic heterocycles. The van der Waals surface area contributed by atoms with Gasteiger partial charge in [0.25, 0.3) is 0 Å². The summed E-state index contributed by atoms with van der Waals surface area (Å²) in [7, 11) is -2.14. The Morgan fingerprint density at radius 2 is 2.09 bits per heavy atom. The molecule has 1 aromatic rings. The number of fused-ring (bicyclic) bond motifs is 2. The third-order valence-corrected chi connectivity index (χ3v) is 6.71. The number of aliphatic carboxylic acids is 1. The monoisotopic (exact) mass is 325 g/mol. The van der Waals surface area contributed by atoms with Gasteiger partial charge in [0.15, 0.2) is 0 Å². The minimum Gasteiger partial charge on any atom is -0.496 e. The predicted molar refractivity (Wildman–Crippen MR) is 79.3 cm³/mol. The highest BCUT2D eigenvalue weighted by atomic mass is 32.2. The SMILES string of the molecule is COc1ccc(S(=O)(=O)N2C3CCC2C(C(=O)O)C3)cc1C. The number of carbonyl (C=O) groups is 1. The number of benzene rings is 1. The van der Waals surface area contributed by atoms with E-state index in [4.69, 9.17) is 4.74 Å². The fraction of sp³-hybridized carbons (Fsp3) is 0.533. The summed E-state index contributed by atoms with van der Waals surface area (Å²) in [5.74, 6) is -0.863. The van der Waals surface area contributed by atoms with Gasteiger partial charge in [-0.25, -0.2) is 8.42 Å². The molecular weight excluding hydrogens is 306 g/mol. The quantitative estimate of drug-likeness (QED) is 0.909. The molecule has 22 heavy (non-hydrogen) atoms. The molecule has 2 saturated heterocycles. The number of methoxy groups -OCH3 is 1. The Hall–Kier alpha value is -1.60. The van der Waals surface area contributed by atoms with Gasteiger partial charge in [-0.1, -0.05) is 0 Å². The van der Waals surface area contributed by atoms with Crippen LogP contribution in [0, 0.1) is 12.8 Å². The number of rotatable bonds is 4. The maximum Gasteiger partial charge on any atom is 0.308 e. The first-order valence-corrected chi connectivity index (χ1v) is 8.71. The minimum absolute atomic E-state index is 0.196. The Balaban J connectivity index is 1.97. The largest absolute Gasteiger partial charge is 0.496 e. The number of hydrogen-bond acceptors (Lipinski definition) is 4. The third-order valence-electron chi connectivity index (χ3n) is 4.73. The van der Waals surface area contributed by atoms with Gasteiger partial charge in [-0.15, -0.1) is 0 Å². The molecule has 0 saturated carbocycles. The van der Waals surface area contributed by atoms with Crippen molar-refractivity contribution in [3.63, 3.8) is 0 Å². The predicted octanol–water partition coefficient (Wildman–Crippen LogP) is 1.63. The van der Waals surface area contributed by atoms with Gasteiger partial charge in [-0.3, -0.25) is 4.79 Å². The summed E-state index contributed by atoms with van der Waals surface area (Å²) >= 11 is 0. The second-order valence-electron chi connectivity index (χ2n) is 5.95. The number of sulfonamides is 1. The zero-order valence-electron chi connectivity index (χ0n) is 12.5. The topological polar surface area (TPSA) is 83.9 Å². The molecule has 0 radical (unpaired) electrons. The minimum atomic E-state index is -3.67. The molecule has 1 N–H and O–H groups in total. The Bertz CT molecular complexity index is 715. The summed E-state index contributed by atoms with van der Waals surface area (Å²) in [6.07, 6.45) is 1.77. The maximum absolute atomic E-state index is 12.9. The lowest BCUT2D eigenvalue weighted by Gasteiger charge is -2.23. The first-order chi connectivity index (χ1) is 10.4. The Kier molecular flexibility index (Phi) is 3.65. The van der Waals surface area contributed by atoms with Crippen LogP contribution in [0.1, 0.15) is 24.8 Å². The first kappa shape index (κ1) is 15.3. The second kappa shape index (κ2) is 5.24. The number of hydrogen-bond donors (Lipinski definition) is 1. The molecule has 6 nitrogen and oxygen atoms in total. The van der Waals surface area contributed by atoms with Crippen molar-refractivity contribution in [2.75, 3.05) is 7.11 Å².